The molecule has 4 heterocycles. The molecule has 0 unspecified atom stereocenters. The molecule has 1 saturated heterocycles. The first-order valence-corrected chi connectivity index (χ1v) is 13.5. The number of hydrogen-bond acceptors (Lipinski definition) is 6. The van der Waals surface area contributed by atoms with E-state index >= 15 is 0 Å². The molecular weight excluding hydrogens is 477 g/mol. The number of benzene rings is 2. The quantitative estimate of drug-likeness (QED) is 0.351. The zero-order chi connectivity index (χ0) is 25.4. The van der Waals surface area contributed by atoms with Crippen LogP contribution in [0.1, 0.15) is 36.3 Å². The van der Waals surface area contributed by atoms with Crippen LogP contribution in [0.15, 0.2) is 60.9 Å². The third kappa shape index (κ3) is 3.10. The zero-order valence-corrected chi connectivity index (χ0v) is 20.9. The van der Waals surface area contributed by atoms with Gasteiger partial charge in [0.1, 0.15) is 22.8 Å². The van der Waals surface area contributed by atoms with Crippen LogP contribution < -0.4 is 10.6 Å². The van der Waals surface area contributed by atoms with Gasteiger partial charge in [0.2, 0.25) is 0 Å². The van der Waals surface area contributed by atoms with Gasteiger partial charge in [-0.3, -0.25) is 10.1 Å². The lowest BCUT2D eigenvalue weighted by Crippen LogP contribution is -2.32. The number of anilines is 1. The highest BCUT2D eigenvalue weighted by atomic mass is 19.1. The van der Waals surface area contributed by atoms with Crippen LogP contribution in [0.5, 0.6) is 0 Å². The Morgan fingerprint density at radius 3 is 2.74 bits per heavy atom. The van der Waals surface area contributed by atoms with Gasteiger partial charge in [0, 0.05) is 42.2 Å². The molecule has 0 radical (unpaired) electrons. The maximum atomic E-state index is 14.7. The van der Waals surface area contributed by atoms with E-state index in [9.17, 15) is 4.39 Å². The van der Waals surface area contributed by atoms with Crippen LogP contribution in [0.4, 0.5) is 10.2 Å². The van der Waals surface area contributed by atoms with Crippen molar-refractivity contribution >= 4 is 27.9 Å². The molecule has 2 aromatic carbocycles. The van der Waals surface area contributed by atoms with Gasteiger partial charge in [-0.25, -0.2) is 14.4 Å². The van der Waals surface area contributed by atoms with E-state index in [1.165, 1.54) is 18.4 Å². The molecule has 0 amide bonds. The van der Waals surface area contributed by atoms with Gasteiger partial charge in [-0.1, -0.05) is 36.4 Å². The molecule has 3 fully saturated rings. The van der Waals surface area contributed by atoms with E-state index in [4.69, 9.17) is 20.7 Å². The maximum Gasteiger partial charge on any atom is 0.177 e. The smallest absolute Gasteiger partial charge is 0.177 e. The summed E-state index contributed by atoms with van der Waals surface area (Å²) in [4.78, 5) is 16.7. The van der Waals surface area contributed by atoms with Crippen molar-refractivity contribution in [3.05, 3.63) is 77.9 Å². The van der Waals surface area contributed by atoms with Gasteiger partial charge in [-0.15, -0.1) is 0 Å². The van der Waals surface area contributed by atoms with Crippen molar-refractivity contribution in [1.82, 2.24) is 25.1 Å². The number of pyridine rings is 1. The Bertz CT molecular complexity index is 1710. The van der Waals surface area contributed by atoms with Gasteiger partial charge in [0.05, 0.1) is 11.7 Å². The topological polar surface area (TPSA) is 96.6 Å². The highest BCUT2D eigenvalue weighted by Gasteiger charge is 2.66. The van der Waals surface area contributed by atoms with Gasteiger partial charge < -0.3 is 10.6 Å². The fourth-order valence-electron chi connectivity index (χ4n) is 7.09. The standard InChI is InChI=1S/C30H28FN7/c31-24-6-2-1-5-22(24)30(16-32)21-11-13-38(15-23(21)30)25-14-34-28-27(36-37-29(28)35-25)20-10-9-18(17-7-8-17)26-19(20)4-3-12-33-26/h1-6,9-10,12,14,17,21,23H,7-8,11,13,15-16,32H2,(H,35,36,37)/t21-,23+,30-/m1/s1. The lowest BCUT2D eigenvalue weighted by atomic mass is 9.91. The minimum atomic E-state index is -0.291. The molecule has 2 aliphatic carbocycles. The van der Waals surface area contributed by atoms with Gasteiger partial charge in [-0.05, 0) is 60.3 Å². The number of hydrogen-bond donors (Lipinski definition) is 2. The second-order valence-electron chi connectivity index (χ2n) is 11.0. The SMILES string of the molecule is NC[C@]1(c2ccccc2F)[C@@H]2CCN(c3cnc4c(-c5ccc(C6CC6)c6ncccc56)n[nH]c4n3)C[C@@H]21. The van der Waals surface area contributed by atoms with Crippen LogP contribution in [0.3, 0.4) is 0 Å². The third-order valence-corrected chi connectivity index (χ3v) is 9.19. The number of aromatic nitrogens is 5. The molecule has 3 aliphatic rings. The number of nitrogens with one attached hydrogen (secondary N) is 1. The molecule has 2 saturated carbocycles. The normalized spacial score (nSPS) is 24.6. The second-order valence-corrected chi connectivity index (χ2v) is 11.0. The van der Waals surface area contributed by atoms with Gasteiger partial charge in [-0.2, -0.15) is 5.10 Å². The Labute approximate surface area is 219 Å². The number of nitrogens with zero attached hydrogens (tertiary/aromatic N) is 5. The fraction of sp³-hybridized carbons (Fsp3) is 0.333. The number of fused-ring (bicyclic) bond motifs is 3. The molecule has 8 rings (SSSR count). The first-order chi connectivity index (χ1) is 18.7. The van der Waals surface area contributed by atoms with E-state index in [0.717, 1.165) is 58.6 Å². The minimum Gasteiger partial charge on any atom is -0.355 e. The fourth-order valence-corrected chi connectivity index (χ4v) is 7.09. The summed E-state index contributed by atoms with van der Waals surface area (Å²) in [5, 5.41) is 8.86. The Kier molecular flexibility index (Phi) is 4.68. The molecule has 0 spiro atoms. The van der Waals surface area contributed by atoms with Gasteiger partial charge >= 0.3 is 0 Å². The largest absolute Gasteiger partial charge is 0.355 e. The minimum absolute atomic E-state index is 0.155. The van der Waals surface area contributed by atoms with E-state index in [0.29, 0.717) is 29.9 Å². The van der Waals surface area contributed by atoms with E-state index in [1.54, 1.807) is 12.1 Å². The van der Waals surface area contributed by atoms with Crippen molar-refractivity contribution in [1.29, 1.82) is 0 Å². The number of rotatable bonds is 5. The zero-order valence-electron chi connectivity index (χ0n) is 20.9. The van der Waals surface area contributed by atoms with Crippen molar-refractivity contribution < 1.29 is 4.39 Å². The van der Waals surface area contributed by atoms with E-state index in [1.807, 2.05) is 30.6 Å². The number of piperidine rings is 1. The Balaban J connectivity index is 1.12. The molecule has 3 N–H and O–H groups in total. The monoisotopic (exact) mass is 505 g/mol. The van der Waals surface area contributed by atoms with Crippen LogP contribution >= 0.6 is 0 Å². The van der Waals surface area contributed by atoms with Crippen molar-refractivity contribution in [3.63, 3.8) is 0 Å². The maximum absolute atomic E-state index is 14.7. The van der Waals surface area contributed by atoms with Crippen molar-refractivity contribution in [2.45, 2.75) is 30.6 Å². The Morgan fingerprint density at radius 2 is 1.89 bits per heavy atom. The lowest BCUT2D eigenvalue weighted by Gasteiger charge is -2.26. The summed E-state index contributed by atoms with van der Waals surface area (Å²) in [7, 11) is 0. The van der Waals surface area contributed by atoms with Crippen molar-refractivity contribution in [3.8, 4) is 11.3 Å². The van der Waals surface area contributed by atoms with E-state index < -0.39 is 0 Å². The summed E-state index contributed by atoms with van der Waals surface area (Å²) in [6.45, 7) is 2.09. The summed E-state index contributed by atoms with van der Waals surface area (Å²) in [5.41, 5.74) is 12.4. The molecule has 3 atom stereocenters. The van der Waals surface area contributed by atoms with Crippen LogP contribution in [-0.2, 0) is 5.41 Å². The highest BCUT2D eigenvalue weighted by molar-refractivity contribution is 6.01. The third-order valence-electron chi connectivity index (χ3n) is 9.19. The Morgan fingerprint density at radius 1 is 1.00 bits per heavy atom. The molecule has 0 bridgehead atoms. The second kappa shape index (κ2) is 8.04. The predicted molar refractivity (Wildman–Crippen MR) is 145 cm³/mol. The first kappa shape index (κ1) is 22.1. The lowest BCUT2D eigenvalue weighted by molar-refractivity contribution is 0.533. The van der Waals surface area contributed by atoms with Gasteiger partial charge in [0.25, 0.3) is 0 Å². The van der Waals surface area contributed by atoms with Crippen LogP contribution in [0.25, 0.3) is 33.3 Å². The molecule has 7 nitrogen and oxygen atoms in total. The van der Waals surface area contributed by atoms with Crippen molar-refractivity contribution in [2.75, 3.05) is 24.5 Å². The summed E-state index contributed by atoms with van der Waals surface area (Å²) in [6, 6.07) is 15.5. The molecule has 3 aromatic heterocycles. The molecule has 8 heteroatoms. The van der Waals surface area contributed by atoms with E-state index in [2.05, 4.69) is 33.3 Å². The molecule has 1 aliphatic heterocycles. The average molecular weight is 506 g/mol. The van der Waals surface area contributed by atoms with Crippen LogP contribution in [0, 0.1) is 17.7 Å². The molecular formula is C30H28FN7. The molecule has 5 aromatic rings. The van der Waals surface area contributed by atoms with Gasteiger partial charge in [0.15, 0.2) is 5.65 Å². The summed E-state index contributed by atoms with van der Waals surface area (Å²) in [5.74, 6) is 1.98. The summed E-state index contributed by atoms with van der Waals surface area (Å²) < 4.78 is 14.7. The van der Waals surface area contributed by atoms with Crippen LogP contribution in [0.2, 0.25) is 0 Å². The highest BCUT2D eigenvalue weighted by Crippen LogP contribution is 2.63. The number of H-pyrrole nitrogens is 1. The molecule has 38 heavy (non-hydrogen) atoms. The summed E-state index contributed by atoms with van der Waals surface area (Å²) in [6.07, 6.45) is 7.12. The number of halogens is 1. The first-order valence-electron chi connectivity index (χ1n) is 13.5. The van der Waals surface area contributed by atoms with E-state index in [-0.39, 0.29) is 11.2 Å². The summed E-state index contributed by atoms with van der Waals surface area (Å²) >= 11 is 0. The average Bonchev–Trinajstić information content (AvgIpc) is 3.87. The Hall–Kier alpha value is -3.91. The van der Waals surface area contributed by atoms with Crippen molar-refractivity contribution in [2.24, 2.45) is 17.6 Å². The molecule has 190 valence electrons. The predicted octanol–water partition coefficient (Wildman–Crippen LogP) is 4.94. The van der Waals surface area contributed by atoms with Crippen LogP contribution in [-0.4, -0.2) is 44.8 Å². The number of nitrogens with two attached hydrogens (primary N) is 1. The number of aromatic amines is 1.